The van der Waals surface area contributed by atoms with Crippen LogP contribution in [0.5, 0.6) is 0 Å². The molecule has 2 aromatic heterocycles. The Kier molecular flexibility index (Phi) is 2.82. The summed E-state index contributed by atoms with van der Waals surface area (Å²) >= 11 is 0. The van der Waals surface area contributed by atoms with Crippen molar-refractivity contribution in [2.24, 2.45) is 0 Å². The summed E-state index contributed by atoms with van der Waals surface area (Å²) in [5.74, 6) is 0.481. The lowest BCUT2D eigenvalue weighted by molar-refractivity contribution is 0.0777. The second-order valence-electron chi connectivity index (χ2n) is 3.81. The van der Waals surface area contributed by atoms with Gasteiger partial charge in [0.15, 0.2) is 5.69 Å². The molecule has 0 atom stereocenters. The van der Waals surface area contributed by atoms with Crippen molar-refractivity contribution in [2.75, 3.05) is 12.8 Å². The molecule has 0 aliphatic carbocycles. The van der Waals surface area contributed by atoms with Gasteiger partial charge in [-0.05, 0) is 6.92 Å². The van der Waals surface area contributed by atoms with E-state index in [0.29, 0.717) is 23.8 Å². The van der Waals surface area contributed by atoms with Gasteiger partial charge in [0.1, 0.15) is 5.82 Å². The molecule has 0 radical (unpaired) electrons. The fourth-order valence-corrected chi connectivity index (χ4v) is 1.46. The van der Waals surface area contributed by atoms with Gasteiger partial charge in [-0.2, -0.15) is 5.10 Å². The monoisotopic (exact) mass is 234 g/mol. The van der Waals surface area contributed by atoms with Gasteiger partial charge in [0.05, 0.1) is 17.9 Å². The number of carbonyl (C=O) groups excluding carboxylic acids is 1. The van der Waals surface area contributed by atoms with E-state index in [-0.39, 0.29) is 11.6 Å². The quantitative estimate of drug-likeness (QED) is 0.710. The molecule has 2 rings (SSSR count). The lowest BCUT2D eigenvalue weighted by Gasteiger charge is -2.14. The van der Waals surface area contributed by atoms with Crippen molar-refractivity contribution in [2.45, 2.75) is 13.5 Å². The molecule has 90 valence electrons. The van der Waals surface area contributed by atoms with Gasteiger partial charge in [0.2, 0.25) is 0 Å². The number of anilines is 1. The summed E-state index contributed by atoms with van der Waals surface area (Å²) in [4.78, 5) is 20.5. The Morgan fingerprint density at radius 3 is 2.88 bits per heavy atom. The molecule has 0 saturated heterocycles. The number of hydrogen-bond acceptors (Lipinski definition) is 4. The number of carbonyl (C=O) groups is 1. The molecule has 0 saturated carbocycles. The van der Waals surface area contributed by atoms with Crippen LogP contribution >= 0.6 is 0 Å². The van der Waals surface area contributed by atoms with E-state index in [4.69, 9.17) is 5.73 Å². The third kappa shape index (κ3) is 2.12. The Bertz CT molecular complexity index is 515. The Morgan fingerprint density at radius 1 is 1.59 bits per heavy atom. The third-order valence-electron chi connectivity index (χ3n) is 2.49. The maximum atomic E-state index is 12.0. The van der Waals surface area contributed by atoms with Crippen LogP contribution in [-0.2, 0) is 6.54 Å². The van der Waals surface area contributed by atoms with E-state index >= 15 is 0 Å². The summed E-state index contributed by atoms with van der Waals surface area (Å²) in [7, 11) is 1.67. The molecule has 7 nitrogen and oxygen atoms in total. The molecule has 2 aromatic rings. The summed E-state index contributed by atoms with van der Waals surface area (Å²) in [5, 5.41) is 6.58. The molecule has 2 heterocycles. The van der Waals surface area contributed by atoms with Gasteiger partial charge in [-0.1, -0.05) is 0 Å². The summed E-state index contributed by atoms with van der Waals surface area (Å²) < 4.78 is 0. The minimum Gasteiger partial charge on any atom is -0.395 e. The number of aromatic nitrogens is 4. The zero-order valence-electron chi connectivity index (χ0n) is 9.69. The summed E-state index contributed by atoms with van der Waals surface area (Å²) in [6.07, 6.45) is 3.35. The normalized spacial score (nSPS) is 10.5. The maximum Gasteiger partial charge on any atom is 0.276 e. The topological polar surface area (TPSA) is 104 Å². The average Bonchev–Trinajstić information content (AvgIpc) is 2.90. The highest BCUT2D eigenvalue weighted by molar-refractivity contribution is 5.97. The Morgan fingerprint density at radius 2 is 2.35 bits per heavy atom. The first-order valence-electron chi connectivity index (χ1n) is 5.13. The SMILES string of the molecule is Cc1[nH]nc(C(=O)N(C)Cc2ncc[nH]2)c1N. The average molecular weight is 234 g/mol. The zero-order valence-corrected chi connectivity index (χ0v) is 9.69. The number of nitrogen functional groups attached to an aromatic ring is 1. The highest BCUT2D eigenvalue weighted by Gasteiger charge is 2.19. The second kappa shape index (κ2) is 4.28. The molecule has 0 spiro atoms. The molecule has 1 amide bonds. The largest absolute Gasteiger partial charge is 0.395 e. The molecule has 0 unspecified atom stereocenters. The molecular formula is C10H14N6O. The van der Waals surface area contributed by atoms with Crippen LogP contribution in [0.15, 0.2) is 12.4 Å². The van der Waals surface area contributed by atoms with E-state index in [1.807, 2.05) is 0 Å². The molecular weight excluding hydrogens is 220 g/mol. The van der Waals surface area contributed by atoms with Gasteiger partial charge < -0.3 is 15.6 Å². The van der Waals surface area contributed by atoms with Crippen molar-refractivity contribution in [3.05, 3.63) is 29.6 Å². The lowest BCUT2D eigenvalue weighted by atomic mass is 10.3. The Labute approximate surface area is 98.0 Å². The van der Waals surface area contributed by atoms with Crippen LogP contribution in [-0.4, -0.2) is 38.0 Å². The molecule has 7 heteroatoms. The fourth-order valence-electron chi connectivity index (χ4n) is 1.46. The smallest absolute Gasteiger partial charge is 0.276 e. The molecule has 17 heavy (non-hydrogen) atoms. The second-order valence-corrected chi connectivity index (χ2v) is 3.81. The van der Waals surface area contributed by atoms with E-state index in [1.54, 1.807) is 26.4 Å². The first-order valence-corrected chi connectivity index (χ1v) is 5.13. The molecule has 0 aromatic carbocycles. The minimum absolute atomic E-state index is 0.233. The van der Waals surface area contributed by atoms with Crippen LogP contribution in [0.3, 0.4) is 0 Å². The van der Waals surface area contributed by atoms with Gasteiger partial charge in [0.25, 0.3) is 5.91 Å². The number of nitrogens with one attached hydrogen (secondary N) is 2. The third-order valence-corrected chi connectivity index (χ3v) is 2.49. The predicted octanol–water partition coefficient (Wildman–Crippen LogP) is 0.296. The first-order chi connectivity index (χ1) is 8.09. The van der Waals surface area contributed by atoms with E-state index in [0.717, 1.165) is 0 Å². The van der Waals surface area contributed by atoms with Crippen molar-refractivity contribution in [3.63, 3.8) is 0 Å². The van der Waals surface area contributed by atoms with Crippen LogP contribution in [0.2, 0.25) is 0 Å². The van der Waals surface area contributed by atoms with E-state index in [9.17, 15) is 4.79 Å². The number of aryl methyl sites for hydroxylation is 1. The number of aromatic amines is 2. The summed E-state index contributed by atoms with van der Waals surface area (Å²) in [6.45, 7) is 2.16. The van der Waals surface area contributed by atoms with Crippen LogP contribution in [0.25, 0.3) is 0 Å². The van der Waals surface area contributed by atoms with Gasteiger partial charge in [-0.15, -0.1) is 0 Å². The maximum absolute atomic E-state index is 12.0. The van der Waals surface area contributed by atoms with Crippen LogP contribution in [0, 0.1) is 6.92 Å². The zero-order chi connectivity index (χ0) is 12.4. The highest BCUT2D eigenvalue weighted by atomic mass is 16.2. The van der Waals surface area contributed by atoms with Crippen molar-refractivity contribution >= 4 is 11.6 Å². The predicted molar refractivity (Wildman–Crippen MR) is 62.1 cm³/mol. The number of nitrogens with two attached hydrogens (primary N) is 1. The number of amides is 1. The van der Waals surface area contributed by atoms with Crippen molar-refractivity contribution in [3.8, 4) is 0 Å². The van der Waals surface area contributed by atoms with Gasteiger partial charge >= 0.3 is 0 Å². The van der Waals surface area contributed by atoms with E-state index in [1.165, 1.54) is 4.90 Å². The first kappa shape index (κ1) is 11.2. The van der Waals surface area contributed by atoms with Gasteiger partial charge in [-0.25, -0.2) is 4.98 Å². The molecule has 0 bridgehead atoms. The number of imidazole rings is 1. The minimum atomic E-state index is -0.233. The molecule has 0 aliphatic heterocycles. The number of nitrogens with zero attached hydrogens (tertiary/aromatic N) is 3. The lowest BCUT2D eigenvalue weighted by Crippen LogP contribution is -2.27. The van der Waals surface area contributed by atoms with Gasteiger partial charge in [-0.3, -0.25) is 9.89 Å². The number of hydrogen-bond donors (Lipinski definition) is 3. The Balaban J connectivity index is 2.12. The number of rotatable bonds is 3. The molecule has 0 fully saturated rings. The van der Waals surface area contributed by atoms with Crippen molar-refractivity contribution < 1.29 is 4.79 Å². The fraction of sp³-hybridized carbons (Fsp3) is 0.300. The van der Waals surface area contributed by atoms with Crippen LogP contribution < -0.4 is 5.73 Å². The molecule has 4 N–H and O–H groups in total. The Hall–Kier alpha value is -2.31. The standard InChI is InChI=1S/C10H14N6O/c1-6-8(11)9(15-14-6)10(17)16(2)5-7-12-3-4-13-7/h3-4H,5,11H2,1-2H3,(H,12,13)(H,14,15). The van der Waals surface area contributed by atoms with Gasteiger partial charge in [0, 0.05) is 19.4 Å². The highest BCUT2D eigenvalue weighted by Crippen LogP contribution is 2.14. The van der Waals surface area contributed by atoms with Crippen molar-refractivity contribution in [1.29, 1.82) is 0 Å². The summed E-state index contributed by atoms with van der Waals surface area (Å²) in [5.41, 5.74) is 7.08. The van der Waals surface area contributed by atoms with Crippen LogP contribution in [0.1, 0.15) is 22.0 Å². The van der Waals surface area contributed by atoms with Crippen molar-refractivity contribution in [1.82, 2.24) is 25.1 Å². The molecule has 0 aliphatic rings. The van der Waals surface area contributed by atoms with E-state index < -0.39 is 0 Å². The summed E-state index contributed by atoms with van der Waals surface area (Å²) in [6, 6.07) is 0. The number of H-pyrrole nitrogens is 2. The van der Waals surface area contributed by atoms with Crippen LogP contribution in [0.4, 0.5) is 5.69 Å². The van der Waals surface area contributed by atoms with E-state index in [2.05, 4.69) is 20.2 Å².